The van der Waals surface area contributed by atoms with Gasteiger partial charge in [0.05, 0.1) is 7.11 Å². The molecule has 2 amide bonds. The van der Waals surface area contributed by atoms with Crippen LogP contribution in [0.5, 0.6) is 5.88 Å². The Morgan fingerprint density at radius 3 is 2.95 bits per heavy atom. The highest BCUT2D eigenvalue weighted by atomic mass is 32.1. The lowest BCUT2D eigenvalue weighted by Gasteiger charge is -2.22. The van der Waals surface area contributed by atoms with E-state index in [1.165, 1.54) is 13.4 Å². The topological polar surface area (TPSA) is 102 Å². The molecule has 8 nitrogen and oxygen atoms in total. The van der Waals surface area contributed by atoms with Gasteiger partial charge in [-0.3, -0.25) is 19.5 Å². The average molecular weight is 293 g/mol. The number of methoxy groups -OCH3 is 1. The number of carbonyl (C=O) groups is 2. The molecule has 0 spiro atoms. The molecule has 20 heavy (non-hydrogen) atoms. The number of nitrogens with one attached hydrogen (secondary N) is 2. The SMILES string of the molecule is COc1ncnc2c1[nH]c(=S)n2C1CCC(=O)NC1=O. The molecular weight excluding hydrogens is 282 g/mol. The van der Waals surface area contributed by atoms with Gasteiger partial charge in [0.2, 0.25) is 17.7 Å². The molecule has 2 N–H and O–H groups in total. The molecule has 2 aromatic rings. The highest BCUT2D eigenvalue weighted by Gasteiger charge is 2.30. The van der Waals surface area contributed by atoms with Gasteiger partial charge >= 0.3 is 0 Å². The minimum Gasteiger partial charge on any atom is -0.479 e. The van der Waals surface area contributed by atoms with Crippen molar-refractivity contribution in [2.24, 2.45) is 0 Å². The van der Waals surface area contributed by atoms with E-state index in [9.17, 15) is 9.59 Å². The van der Waals surface area contributed by atoms with Crippen LogP contribution in [0.2, 0.25) is 0 Å². The summed E-state index contributed by atoms with van der Waals surface area (Å²) in [6, 6.07) is -0.562. The molecule has 1 atom stereocenters. The van der Waals surface area contributed by atoms with Crippen LogP contribution in [0.4, 0.5) is 0 Å². The Morgan fingerprint density at radius 2 is 2.25 bits per heavy atom. The number of ether oxygens (including phenoxy) is 1. The molecule has 0 aliphatic carbocycles. The summed E-state index contributed by atoms with van der Waals surface area (Å²) in [6.07, 6.45) is 2.00. The molecule has 1 fully saturated rings. The molecular formula is C11H11N5O3S. The maximum absolute atomic E-state index is 12.0. The number of rotatable bonds is 2. The Balaban J connectivity index is 2.17. The Labute approximate surface area is 118 Å². The number of fused-ring (bicyclic) bond motifs is 1. The second-order valence-electron chi connectivity index (χ2n) is 4.35. The zero-order chi connectivity index (χ0) is 14.3. The van der Waals surface area contributed by atoms with E-state index < -0.39 is 6.04 Å². The number of aromatic amines is 1. The Bertz CT molecular complexity index is 765. The standard InChI is InChI=1S/C11H11N5O3S/c1-19-10-7-8(12-4-13-10)16(11(20)15-7)5-2-3-6(17)14-9(5)18/h4-5H,2-3H2,1H3,(H,15,20)(H,14,17,18). The first-order valence-corrected chi connectivity index (χ1v) is 6.35. The van der Waals surface area contributed by atoms with E-state index in [1.807, 2.05) is 0 Å². The van der Waals surface area contributed by atoms with E-state index in [-0.39, 0.29) is 18.2 Å². The number of imidazole rings is 1. The number of carbonyl (C=O) groups excluding carboxylic acids is 2. The summed E-state index contributed by atoms with van der Waals surface area (Å²) in [5.74, 6) is -0.298. The normalized spacial score (nSPS) is 19.1. The molecule has 1 unspecified atom stereocenters. The fraction of sp³-hybridized carbons (Fsp3) is 0.364. The van der Waals surface area contributed by atoms with Crippen LogP contribution >= 0.6 is 12.2 Å². The molecule has 3 heterocycles. The minimum atomic E-state index is -0.562. The maximum atomic E-state index is 12.0. The highest BCUT2D eigenvalue weighted by Crippen LogP contribution is 2.26. The van der Waals surface area contributed by atoms with Gasteiger partial charge in [-0.05, 0) is 18.6 Å². The first-order valence-electron chi connectivity index (χ1n) is 5.94. The van der Waals surface area contributed by atoms with E-state index >= 15 is 0 Å². The number of imide groups is 1. The molecule has 3 rings (SSSR count). The number of nitrogens with zero attached hydrogens (tertiary/aromatic N) is 3. The first-order chi connectivity index (χ1) is 9.61. The lowest BCUT2D eigenvalue weighted by Crippen LogP contribution is -2.41. The Morgan fingerprint density at radius 1 is 1.45 bits per heavy atom. The first kappa shape index (κ1) is 12.7. The van der Waals surface area contributed by atoms with E-state index in [4.69, 9.17) is 17.0 Å². The molecule has 9 heteroatoms. The molecule has 104 valence electrons. The van der Waals surface area contributed by atoms with Gasteiger partial charge in [0.1, 0.15) is 17.9 Å². The predicted octanol–water partition coefficient (Wildman–Crippen LogP) is 0.475. The number of H-pyrrole nitrogens is 1. The summed E-state index contributed by atoms with van der Waals surface area (Å²) in [4.78, 5) is 34.2. The van der Waals surface area contributed by atoms with Gasteiger partial charge in [0, 0.05) is 6.42 Å². The molecule has 0 bridgehead atoms. The van der Waals surface area contributed by atoms with Gasteiger partial charge in [-0.1, -0.05) is 0 Å². The number of aromatic nitrogens is 4. The van der Waals surface area contributed by atoms with Crippen LogP contribution in [-0.2, 0) is 9.59 Å². The number of piperidine rings is 1. The molecule has 1 saturated heterocycles. The van der Waals surface area contributed by atoms with Gasteiger partial charge in [-0.2, -0.15) is 4.98 Å². The largest absolute Gasteiger partial charge is 0.479 e. The third-order valence-electron chi connectivity index (χ3n) is 3.19. The maximum Gasteiger partial charge on any atom is 0.249 e. The van der Waals surface area contributed by atoms with Crippen LogP contribution in [0.1, 0.15) is 18.9 Å². The second-order valence-corrected chi connectivity index (χ2v) is 4.74. The van der Waals surface area contributed by atoms with Gasteiger partial charge in [0.15, 0.2) is 10.4 Å². The second kappa shape index (κ2) is 4.67. The van der Waals surface area contributed by atoms with Crippen molar-refractivity contribution >= 4 is 35.2 Å². The van der Waals surface area contributed by atoms with E-state index in [2.05, 4.69) is 20.3 Å². The molecule has 0 aromatic carbocycles. The summed E-state index contributed by atoms with van der Waals surface area (Å²) < 4.78 is 7.07. The number of hydrogen-bond acceptors (Lipinski definition) is 6. The number of hydrogen-bond donors (Lipinski definition) is 2. The fourth-order valence-corrected chi connectivity index (χ4v) is 2.60. The lowest BCUT2D eigenvalue weighted by atomic mass is 10.1. The van der Waals surface area contributed by atoms with Crippen molar-refractivity contribution in [1.82, 2.24) is 24.8 Å². The van der Waals surface area contributed by atoms with E-state index in [0.29, 0.717) is 28.2 Å². The van der Waals surface area contributed by atoms with Crippen molar-refractivity contribution in [2.45, 2.75) is 18.9 Å². The smallest absolute Gasteiger partial charge is 0.249 e. The fourth-order valence-electron chi connectivity index (χ4n) is 2.29. The third kappa shape index (κ3) is 1.86. The monoisotopic (exact) mass is 293 g/mol. The van der Waals surface area contributed by atoms with Crippen molar-refractivity contribution < 1.29 is 14.3 Å². The number of amides is 2. The van der Waals surface area contributed by atoms with Crippen molar-refractivity contribution in [2.75, 3.05) is 7.11 Å². The molecule has 0 saturated carbocycles. The van der Waals surface area contributed by atoms with Gasteiger partial charge in [-0.15, -0.1) is 0 Å². The third-order valence-corrected chi connectivity index (χ3v) is 3.49. The van der Waals surface area contributed by atoms with Crippen molar-refractivity contribution in [3.63, 3.8) is 0 Å². The average Bonchev–Trinajstić information content (AvgIpc) is 2.75. The van der Waals surface area contributed by atoms with Crippen LogP contribution in [-0.4, -0.2) is 38.4 Å². The quantitative estimate of drug-likeness (QED) is 0.616. The Hall–Kier alpha value is -2.29. The van der Waals surface area contributed by atoms with E-state index in [1.54, 1.807) is 4.57 Å². The van der Waals surface area contributed by atoms with Gasteiger partial charge in [-0.25, -0.2) is 4.98 Å². The summed E-state index contributed by atoms with van der Waals surface area (Å²) in [5, 5.41) is 2.30. The zero-order valence-corrected chi connectivity index (χ0v) is 11.4. The summed E-state index contributed by atoms with van der Waals surface area (Å²) in [7, 11) is 1.49. The molecule has 0 radical (unpaired) electrons. The van der Waals surface area contributed by atoms with Crippen LogP contribution in [0.15, 0.2) is 6.33 Å². The van der Waals surface area contributed by atoms with Crippen molar-refractivity contribution in [1.29, 1.82) is 0 Å². The molecule has 1 aliphatic heterocycles. The van der Waals surface area contributed by atoms with E-state index in [0.717, 1.165) is 0 Å². The summed E-state index contributed by atoms with van der Waals surface area (Å²) in [6.45, 7) is 0. The Kier molecular flexibility index (Phi) is 2.97. The van der Waals surface area contributed by atoms with Crippen molar-refractivity contribution in [3.8, 4) is 5.88 Å². The molecule has 1 aliphatic rings. The van der Waals surface area contributed by atoms with Gasteiger partial charge in [0.25, 0.3) is 0 Å². The predicted molar refractivity (Wildman–Crippen MR) is 70.7 cm³/mol. The highest BCUT2D eigenvalue weighted by molar-refractivity contribution is 7.71. The van der Waals surface area contributed by atoms with Crippen LogP contribution in [0.3, 0.4) is 0 Å². The van der Waals surface area contributed by atoms with Crippen LogP contribution in [0, 0.1) is 4.77 Å². The summed E-state index contributed by atoms with van der Waals surface area (Å²) in [5.41, 5.74) is 1.01. The van der Waals surface area contributed by atoms with Crippen LogP contribution in [0.25, 0.3) is 11.2 Å². The lowest BCUT2D eigenvalue weighted by molar-refractivity contribution is -0.135. The van der Waals surface area contributed by atoms with Crippen LogP contribution < -0.4 is 10.1 Å². The molecule has 2 aromatic heterocycles. The zero-order valence-electron chi connectivity index (χ0n) is 10.5. The van der Waals surface area contributed by atoms with Crippen molar-refractivity contribution in [3.05, 3.63) is 11.1 Å². The minimum absolute atomic E-state index is 0.271. The summed E-state index contributed by atoms with van der Waals surface area (Å²) >= 11 is 5.24. The van der Waals surface area contributed by atoms with Gasteiger partial charge < -0.3 is 9.72 Å².